The zero-order valence-electron chi connectivity index (χ0n) is 12.7. The maximum absolute atomic E-state index is 13.5. The maximum Gasteiger partial charge on any atom is 0.314 e. The average molecular weight is 333 g/mol. The van der Waals surface area contributed by atoms with Crippen LogP contribution in [0.1, 0.15) is 19.4 Å². The molecule has 0 radical (unpaired) electrons. The standard InChI is InChI=1S/C15H15F4NO3/c1-15(2)8(5-20-22-3)11(15)14(21)23-6-7-12(18)9(16)4-10(17)13(7)19/h4-5,11,20H,6H2,1-3H3/t11-/m0/s1. The van der Waals surface area contributed by atoms with Gasteiger partial charge in [-0.05, 0) is 5.57 Å². The number of rotatable bonds is 5. The van der Waals surface area contributed by atoms with Gasteiger partial charge in [0.1, 0.15) is 6.61 Å². The van der Waals surface area contributed by atoms with Crippen LogP contribution < -0.4 is 5.48 Å². The zero-order valence-corrected chi connectivity index (χ0v) is 12.7. The number of hydrogen-bond acceptors (Lipinski definition) is 4. The molecule has 0 aliphatic heterocycles. The van der Waals surface area contributed by atoms with Crippen molar-refractivity contribution in [2.24, 2.45) is 11.3 Å². The second kappa shape index (κ2) is 6.19. The maximum atomic E-state index is 13.5. The number of carbonyl (C=O) groups excluding carboxylic acids is 1. The van der Waals surface area contributed by atoms with Gasteiger partial charge in [0.05, 0.1) is 18.6 Å². The predicted molar refractivity (Wildman–Crippen MR) is 71.6 cm³/mol. The summed E-state index contributed by atoms with van der Waals surface area (Å²) in [4.78, 5) is 16.6. The van der Waals surface area contributed by atoms with Gasteiger partial charge in [-0.25, -0.2) is 17.6 Å². The number of halogens is 4. The van der Waals surface area contributed by atoms with E-state index in [1.807, 2.05) is 0 Å². The quantitative estimate of drug-likeness (QED) is 0.389. The summed E-state index contributed by atoms with van der Waals surface area (Å²) in [5, 5.41) is 0. The Balaban J connectivity index is 2.10. The van der Waals surface area contributed by atoms with Gasteiger partial charge in [0.25, 0.3) is 0 Å². The Hall–Kier alpha value is -2.09. The molecule has 4 nitrogen and oxygen atoms in total. The van der Waals surface area contributed by atoms with E-state index in [1.54, 1.807) is 13.8 Å². The van der Waals surface area contributed by atoms with E-state index in [4.69, 9.17) is 4.74 Å². The molecule has 0 aromatic heterocycles. The first-order valence-electron chi connectivity index (χ1n) is 6.69. The zero-order chi connectivity index (χ0) is 17.4. The molecule has 1 saturated carbocycles. The molecule has 2 rings (SSSR count). The summed E-state index contributed by atoms with van der Waals surface area (Å²) >= 11 is 0. The summed E-state index contributed by atoms with van der Waals surface area (Å²) in [5.74, 6) is -7.64. The van der Waals surface area contributed by atoms with E-state index >= 15 is 0 Å². The molecule has 1 aromatic carbocycles. The normalized spacial score (nSPS) is 20.5. The second-order valence-electron chi connectivity index (χ2n) is 5.63. The van der Waals surface area contributed by atoms with Gasteiger partial charge in [0.2, 0.25) is 0 Å². The third kappa shape index (κ3) is 3.17. The molecule has 0 amide bonds. The highest BCUT2D eigenvalue weighted by Crippen LogP contribution is 2.58. The average Bonchev–Trinajstić information content (AvgIpc) is 3.04. The van der Waals surface area contributed by atoms with Gasteiger partial charge < -0.3 is 4.74 Å². The third-order valence-electron chi connectivity index (χ3n) is 3.82. The SMILES string of the molecule is CONC=C1[C@@H](C(=O)OCc2c(F)c(F)cc(F)c2F)C1(C)C. The van der Waals surface area contributed by atoms with Gasteiger partial charge in [0, 0.05) is 17.7 Å². The first-order valence-corrected chi connectivity index (χ1v) is 6.69. The highest BCUT2D eigenvalue weighted by Gasteiger charge is 2.58. The number of hydroxylamine groups is 1. The van der Waals surface area contributed by atoms with Gasteiger partial charge in [-0.3, -0.25) is 15.1 Å². The van der Waals surface area contributed by atoms with Crippen LogP contribution in [-0.2, 0) is 21.0 Å². The molecule has 1 atom stereocenters. The Labute approximate surface area is 130 Å². The molecule has 8 heteroatoms. The minimum atomic E-state index is -1.58. The van der Waals surface area contributed by atoms with Crippen LogP contribution in [0.3, 0.4) is 0 Å². The van der Waals surface area contributed by atoms with E-state index < -0.39 is 52.7 Å². The van der Waals surface area contributed by atoms with E-state index in [1.165, 1.54) is 13.3 Å². The van der Waals surface area contributed by atoms with E-state index in [0.717, 1.165) is 0 Å². The summed E-state index contributed by atoms with van der Waals surface area (Å²) in [7, 11) is 1.39. The number of nitrogens with one attached hydrogen (secondary N) is 1. The molecular weight excluding hydrogens is 318 g/mol. The highest BCUT2D eigenvalue weighted by molar-refractivity contribution is 5.83. The van der Waals surface area contributed by atoms with Crippen molar-refractivity contribution in [3.05, 3.63) is 46.7 Å². The van der Waals surface area contributed by atoms with Gasteiger partial charge in [0.15, 0.2) is 23.3 Å². The minimum absolute atomic E-state index is 0.0945. The summed E-state index contributed by atoms with van der Waals surface area (Å²) < 4.78 is 58.0. The van der Waals surface area contributed by atoms with Crippen molar-refractivity contribution in [3.63, 3.8) is 0 Å². The van der Waals surface area contributed by atoms with Gasteiger partial charge in [-0.15, -0.1) is 0 Å². The molecule has 1 aromatic rings. The van der Waals surface area contributed by atoms with Gasteiger partial charge in [-0.2, -0.15) is 0 Å². The van der Waals surface area contributed by atoms with Crippen LogP contribution in [0, 0.1) is 34.6 Å². The molecule has 0 heterocycles. The van der Waals surface area contributed by atoms with Crippen molar-refractivity contribution >= 4 is 5.97 Å². The molecular formula is C15H15F4NO3. The summed E-state index contributed by atoms with van der Waals surface area (Å²) in [5.41, 5.74) is 1.68. The summed E-state index contributed by atoms with van der Waals surface area (Å²) in [6, 6.07) is 0.0945. The van der Waals surface area contributed by atoms with Crippen LogP contribution in [0.5, 0.6) is 0 Å². The molecule has 1 aliphatic carbocycles. The molecule has 0 bridgehead atoms. The molecule has 126 valence electrons. The molecule has 1 aliphatic rings. The van der Waals surface area contributed by atoms with Crippen molar-refractivity contribution in [1.82, 2.24) is 5.48 Å². The Bertz CT molecular complexity index is 647. The van der Waals surface area contributed by atoms with Crippen LogP contribution >= 0.6 is 0 Å². The Morgan fingerprint density at radius 2 is 1.83 bits per heavy atom. The van der Waals surface area contributed by atoms with Crippen molar-refractivity contribution in [1.29, 1.82) is 0 Å². The van der Waals surface area contributed by atoms with Crippen molar-refractivity contribution in [3.8, 4) is 0 Å². The fraction of sp³-hybridized carbons (Fsp3) is 0.400. The fourth-order valence-corrected chi connectivity index (χ4v) is 2.37. The number of hydrogen-bond donors (Lipinski definition) is 1. The number of esters is 1. The first-order chi connectivity index (χ1) is 10.7. The van der Waals surface area contributed by atoms with E-state index in [2.05, 4.69) is 10.3 Å². The molecule has 0 spiro atoms. The van der Waals surface area contributed by atoms with Crippen LogP contribution in [0.25, 0.3) is 0 Å². The number of ether oxygens (including phenoxy) is 1. The third-order valence-corrected chi connectivity index (χ3v) is 3.82. The first kappa shape index (κ1) is 17.3. The van der Waals surface area contributed by atoms with E-state index in [9.17, 15) is 22.4 Å². The van der Waals surface area contributed by atoms with Crippen molar-refractivity contribution in [2.75, 3.05) is 7.11 Å². The van der Waals surface area contributed by atoms with Crippen molar-refractivity contribution < 1.29 is 31.9 Å². The lowest BCUT2D eigenvalue weighted by molar-refractivity contribution is -0.147. The molecule has 1 fully saturated rings. The number of benzene rings is 1. The summed E-state index contributed by atoms with van der Waals surface area (Å²) in [6.45, 7) is 2.64. The smallest absolute Gasteiger partial charge is 0.314 e. The Morgan fingerprint density at radius 1 is 1.26 bits per heavy atom. The fourth-order valence-electron chi connectivity index (χ4n) is 2.37. The van der Waals surface area contributed by atoms with Crippen LogP contribution in [0.2, 0.25) is 0 Å². The predicted octanol–water partition coefficient (Wildman–Crippen LogP) is 2.98. The van der Waals surface area contributed by atoms with Crippen molar-refractivity contribution in [2.45, 2.75) is 20.5 Å². The van der Waals surface area contributed by atoms with Gasteiger partial charge in [-0.1, -0.05) is 13.8 Å². The minimum Gasteiger partial charge on any atom is -0.460 e. The largest absolute Gasteiger partial charge is 0.460 e. The monoisotopic (exact) mass is 333 g/mol. The van der Waals surface area contributed by atoms with Crippen LogP contribution in [0.15, 0.2) is 17.8 Å². The lowest BCUT2D eigenvalue weighted by atomic mass is 10.1. The van der Waals surface area contributed by atoms with Gasteiger partial charge >= 0.3 is 5.97 Å². The van der Waals surface area contributed by atoms with E-state index in [0.29, 0.717) is 5.57 Å². The van der Waals surface area contributed by atoms with Crippen LogP contribution in [0.4, 0.5) is 17.6 Å². The topological polar surface area (TPSA) is 47.6 Å². The molecule has 23 heavy (non-hydrogen) atoms. The highest BCUT2D eigenvalue weighted by atomic mass is 19.2. The van der Waals surface area contributed by atoms with E-state index in [-0.39, 0.29) is 6.07 Å². The molecule has 0 unspecified atom stereocenters. The molecule has 1 N–H and O–H groups in total. The molecule has 0 saturated heterocycles. The Kier molecular flexibility index (Phi) is 4.65. The summed E-state index contributed by atoms with van der Waals surface area (Å²) in [6.07, 6.45) is 1.48. The Morgan fingerprint density at radius 3 is 2.35 bits per heavy atom. The number of carbonyl (C=O) groups is 1. The lowest BCUT2D eigenvalue weighted by Gasteiger charge is -2.08. The lowest BCUT2D eigenvalue weighted by Crippen LogP contribution is -2.13. The van der Waals surface area contributed by atoms with Crippen LogP contribution in [-0.4, -0.2) is 13.1 Å². The second-order valence-corrected chi connectivity index (χ2v) is 5.63.